The van der Waals surface area contributed by atoms with E-state index in [9.17, 15) is 9.90 Å². The minimum atomic E-state index is -0.103. The number of aliphatic hydroxyl groups is 1. The summed E-state index contributed by atoms with van der Waals surface area (Å²) < 4.78 is 0. The van der Waals surface area contributed by atoms with Crippen LogP contribution in [0.1, 0.15) is 22.8 Å². The Morgan fingerprint density at radius 2 is 1.96 bits per heavy atom. The summed E-state index contributed by atoms with van der Waals surface area (Å²) in [4.78, 5) is 11.4. The Labute approximate surface area is 153 Å². The van der Waals surface area contributed by atoms with E-state index >= 15 is 0 Å². The third-order valence-electron chi connectivity index (χ3n) is 4.03. The number of hydrogen-bond donors (Lipinski definition) is 2. The Morgan fingerprint density at radius 1 is 1.23 bits per heavy atom. The highest BCUT2D eigenvalue weighted by Gasteiger charge is 2.18. The van der Waals surface area contributed by atoms with E-state index in [1.54, 1.807) is 18.2 Å². The molecule has 0 aliphatic rings. The summed E-state index contributed by atoms with van der Waals surface area (Å²) in [7, 11) is 0. The molecule has 0 atom stereocenters. The molecular formula is C23H22O3. The topological polar surface area (TPSA) is 57.5 Å². The van der Waals surface area contributed by atoms with Crippen molar-refractivity contribution < 1.29 is 15.0 Å². The van der Waals surface area contributed by atoms with E-state index in [1.165, 1.54) is 0 Å². The molecule has 0 aromatic heterocycles. The highest BCUT2D eigenvalue weighted by atomic mass is 16.3. The van der Waals surface area contributed by atoms with Crippen LogP contribution >= 0.6 is 0 Å². The smallest absolute Gasteiger partial charge is 0.153 e. The second-order valence-corrected chi connectivity index (χ2v) is 5.72. The summed E-state index contributed by atoms with van der Waals surface area (Å²) in [6.45, 7) is 9.98. The van der Waals surface area contributed by atoms with Gasteiger partial charge in [0.2, 0.25) is 0 Å². The monoisotopic (exact) mass is 346 g/mol. The van der Waals surface area contributed by atoms with Gasteiger partial charge in [-0.05, 0) is 40.5 Å². The maximum absolute atomic E-state index is 11.4. The fraction of sp³-hybridized carbons (Fsp3) is 0.0870. The molecule has 2 rings (SSSR count). The fourth-order valence-corrected chi connectivity index (χ4v) is 2.77. The summed E-state index contributed by atoms with van der Waals surface area (Å²) in [5.74, 6) is -0.103. The number of carbonyl (C=O) groups excluding carboxylic acids is 1. The van der Waals surface area contributed by atoms with E-state index in [0.717, 1.165) is 10.8 Å². The number of aliphatic hydroxyl groups excluding tert-OH is 1. The zero-order chi connectivity index (χ0) is 19.1. The molecule has 0 aliphatic heterocycles. The van der Waals surface area contributed by atoms with Crippen LogP contribution in [-0.4, -0.2) is 23.1 Å². The van der Waals surface area contributed by atoms with Gasteiger partial charge in [-0.25, -0.2) is 0 Å². The van der Waals surface area contributed by atoms with Crippen LogP contribution in [0.2, 0.25) is 0 Å². The molecular weight excluding hydrogens is 324 g/mol. The van der Waals surface area contributed by atoms with Crippen LogP contribution in [-0.2, 0) is 0 Å². The van der Waals surface area contributed by atoms with Gasteiger partial charge in [0, 0.05) is 5.56 Å². The number of hydrogen-bond acceptors (Lipinski definition) is 3. The van der Waals surface area contributed by atoms with Gasteiger partial charge in [0.1, 0.15) is 5.75 Å². The van der Waals surface area contributed by atoms with Crippen LogP contribution in [0.15, 0.2) is 85.0 Å². The lowest BCUT2D eigenvalue weighted by atomic mass is 9.88. The Balaban J connectivity index is 2.73. The molecule has 0 radical (unpaired) electrons. The zero-order valence-corrected chi connectivity index (χ0v) is 14.8. The van der Waals surface area contributed by atoms with Crippen LogP contribution in [0.5, 0.6) is 5.75 Å². The van der Waals surface area contributed by atoms with Crippen LogP contribution in [0.3, 0.4) is 0 Å². The summed E-state index contributed by atoms with van der Waals surface area (Å²) in [6.07, 6.45) is 9.47. The second kappa shape index (κ2) is 8.79. The fourth-order valence-electron chi connectivity index (χ4n) is 2.77. The summed E-state index contributed by atoms with van der Waals surface area (Å²) in [5, 5.41) is 21.3. The van der Waals surface area contributed by atoms with Crippen LogP contribution in [0.4, 0.5) is 0 Å². The molecule has 0 amide bonds. The minimum Gasteiger partial charge on any atom is -0.507 e. The number of carbonyl (C=O) groups is 1. The predicted molar refractivity (Wildman–Crippen MR) is 108 cm³/mol. The number of phenolic OH excluding ortho intramolecular Hbond substituents is 1. The Hall–Kier alpha value is -3.17. The van der Waals surface area contributed by atoms with Crippen molar-refractivity contribution in [3.05, 3.63) is 96.1 Å². The number of rotatable bonds is 7. The number of aldehydes is 1. The molecule has 3 heteroatoms. The van der Waals surface area contributed by atoms with Gasteiger partial charge in [-0.15, -0.1) is 0 Å². The van der Waals surface area contributed by atoms with Crippen molar-refractivity contribution in [3.63, 3.8) is 0 Å². The minimum absolute atomic E-state index is 0.1000. The third-order valence-corrected chi connectivity index (χ3v) is 4.03. The van der Waals surface area contributed by atoms with Crippen LogP contribution in [0.25, 0.3) is 16.3 Å². The molecule has 0 spiro atoms. The summed E-state index contributed by atoms with van der Waals surface area (Å²) in [6, 6.07) is 9.16. The molecule has 2 aromatic rings. The largest absolute Gasteiger partial charge is 0.507 e. The molecule has 26 heavy (non-hydrogen) atoms. The lowest BCUT2D eigenvalue weighted by Gasteiger charge is -2.17. The SMILES string of the molecule is C=C(/C=C\CO)/C(=C\C=C/C)C(=C)c1c(O)c(C=O)cc2ccccc12. The first-order valence-corrected chi connectivity index (χ1v) is 8.24. The van der Waals surface area contributed by atoms with Gasteiger partial charge in [-0.1, -0.05) is 67.8 Å². The molecule has 132 valence electrons. The van der Waals surface area contributed by atoms with Crippen molar-refractivity contribution in [1.82, 2.24) is 0 Å². The van der Waals surface area contributed by atoms with Crippen molar-refractivity contribution in [2.75, 3.05) is 6.61 Å². The molecule has 0 aliphatic carbocycles. The number of benzene rings is 2. The van der Waals surface area contributed by atoms with Gasteiger partial charge in [-0.3, -0.25) is 4.79 Å². The van der Waals surface area contributed by atoms with Crippen molar-refractivity contribution in [1.29, 1.82) is 0 Å². The van der Waals surface area contributed by atoms with Crippen LogP contribution in [0, 0.1) is 0 Å². The van der Waals surface area contributed by atoms with E-state index < -0.39 is 0 Å². The number of phenols is 1. The van der Waals surface area contributed by atoms with E-state index in [2.05, 4.69) is 13.2 Å². The molecule has 2 aromatic carbocycles. The van der Waals surface area contributed by atoms with Crippen molar-refractivity contribution >= 4 is 22.6 Å². The predicted octanol–water partition coefficient (Wildman–Crippen LogP) is 4.98. The highest BCUT2D eigenvalue weighted by Crippen LogP contribution is 2.39. The lowest BCUT2D eigenvalue weighted by molar-refractivity contribution is 0.112. The maximum Gasteiger partial charge on any atom is 0.153 e. The zero-order valence-electron chi connectivity index (χ0n) is 14.8. The molecule has 2 N–H and O–H groups in total. The van der Waals surface area contributed by atoms with E-state index in [-0.39, 0.29) is 17.9 Å². The Kier molecular flexibility index (Phi) is 6.48. The molecule has 3 nitrogen and oxygen atoms in total. The van der Waals surface area contributed by atoms with Gasteiger partial charge in [0.15, 0.2) is 6.29 Å². The number of fused-ring (bicyclic) bond motifs is 1. The van der Waals surface area contributed by atoms with Crippen molar-refractivity contribution in [2.45, 2.75) is 6.92 Å². The first-order valence-electron chi connectivity index (χ1n) is 8.24. The Bertz CT molecular complexity index is 943. The van der Waals surface area contributed by atoms with E-state index in [4.69, 9.17) is 5.11 Å². The van der Waals surface area contributed by atoms with Gasteiger partial charge in [0.05, 0.1) is 12.2 Å². The number of aromatic hydroxyl groups is 1. The average Bonchev–Trinajstić information content (AvgIpc) is 2.65. The first-order chi connectivity index (χ1) is 12.5. The second-order valence-electron chi connectivity index (χ2n) is 5.72. The van der Waals surface area contributed by atoms with Gasteiger partial charge < -0.3 is 10.2 Å². The van der Waals surface area contributed by atoms with Crippen LogP contribution < -0.4 is 0 Å². The van der Waals surface area contributed by atoms with Crippen molar-refractivity contribution in [3.8, 4) is 5.75 Å². The van der Waals surface area contributed by atoms with E-state index in [1.807, 2.05) is 49.4 Å². The standard InChI is InChI=1S/C23H22O3/c1-4-5-11-20(16(2)9-8-13-24)17(3)22-21-12-7-6-10-18(21)14-19(15-25)23(22)26/h4-12,14-15,24,26H,2-3,13H2,1H3/b5-4-,9-8-,20-11+. The molecule has 0 bridgehead atoms. The molecule has 0 saturated heterocycles. The van der Waals surface area contributed by atoms with Gasteiger partial charge in [0.25, 0.3) is 0 Å². The van der Waals surface area contributed by atoms with Gasteiger partial charge in [-0.2, -0.15) is 0 Å². The first kappa shape index (κ1) is 19.2. The normalized spacial score (nSPS) is 12.2. The molecule has 0 unspecified atom stereocenters. The van der Waals surface area contributed by atoms with E-state index in [0.29, 0.717) is 28.6 Å². The van der Waals surface area contributed by atoms with Gasteiger partial charge >= 0.3 is 0 Å². The third kappa shape index (κ3) is 3.90. The van der Waals surface area contributed by atoms with Crippen molar-refractivity contribution in [2.24, 2.45) is 0 Å². The maximum atomic E-state index is 11.4. The Morgan fingerprint density at radius 3 is 2.62 bits per heavy atom. The number of allylic oxidation sites excluding steroid dienone is 7. The molecule has 0 fully saturated rings. The molecule has 0 heterocycles. The summed E-state index contributed by atoms with van der Waals surface area (Å²) in [5.41, 5.74) is 2.60. The quantitative estimate of drug-likeness (QED) is 0.549. The lowest BCUT2D eigenvalue weighted by Crippen LogP contribution is -1.96. The average molecular weight is 346 g/mol. The highest BCUT2D eigenvalue weighted by molar-refractivity contribution is 6.04. The summed E-state index contributed by atoms with van der Waals surface area (Å²) >= 11 is 0. The molecule has 0 saturated carbocycles.